The van der Waals surface area contributed by atoms with Crippen LogP contribution in [0, 0.1) is 0 Å². The van der Waals surface area contributed by atoms with Gasteiger partial charge in [-0.1, -0.05) is 41.9 Å². The zero-order valence-corrected chi connectivity index (χ0v) is 20.1. The Hall–Kier alpha value is -3.52. The predicted molar refractivity (Wildman–Crippen MR) is 133 cm³/mol. The van der Waals surface area contributed by atoms with E-state index in [9.17, 15) is 4.79 Å². The van der Waals surface area contributed by atoms with Crippen molar-refractivity contribution in [3.8, 4) is 11.3 Å². The van der Waals surface area contributed by atoms with Crippen LogP contribution in [0.3, 0.4) is 0 Å². The van der Waals surface area contributed by atoms with Gasteiger partial charge in [0.2, 0.25) is 0 Å². The van der Waals surface area contributed by atoms with Gasteiger partial charge in [-0.2, -0.15) is 5.10 Å². The van der Waals surface area contributed by atoms with Gasteiger partial charge in [-0.15, -0.1) is 0 Å². The minimum atomic E-state index is -0.253. The van der Waals surface area contributed by atoms with Gasteiger partial charge in [0.25, 0.3) is 5.91 Å². The molecule has 0 aliphatic heterocycles. The lowest BCUT2D eigenvalue weighted by Crippen LogP contribution is -2.27. The van der Waals surface area contributed by atoms with Gasteiger partial charge in [0.1, 0.15) is 5.69 Å². The Morgan fingerprint density at radius 1 is 1.09 bits per heavy atom. The molecule has 0 saturated carbocycles. The highest BCUT2D eigenvalue weighted by Gasteiger charge is 2.18. The first kappa shape index (κ1) is 21.3. The van der Waals surface area contributed by atoms with E-state index in [1.165, 1.54) is 0 Å². The highest BCUT2D eigenvalue weighted by molar-refractivity contribution is 9.10. The molecule has 0 saturated heterocycles. The third kappa shape index (κ3) is 4.02. The molecule has 0 unspecified atom stereocenters. The first-order valence-corrected chi connectivity index (χ1v) is 11.6. The smallest absolute Gasteiger partial charge is 0.287 e. The number of pyridine rings is 1. The Morgan fingerprint density at radius 3 is 2.73 bits per heavy atom. The quantitative estimate of drug-likeness (QED) is 0.279. The van der Waals surface area contributed by atoms with Crippen molar-refractivity contribution in [2.45, 2.75) is 32.7 Å². The Morgan fingerprint density at radius 2 is 1.94 bits per heavy atom. The standard InChI is InChI=1S/C25H23BrN6O/c1-13(2)19-12-27-8-7-17(19)23-18-10-21-22(11-20(18)31-32-23)30-24(29-21)25(33)28-14(3)15-5-4-6-16(26)9-15/h4-14H,1-3H3,(H,28,33)(H,29,30)(H,31,32)/t14-/m1/s1. The zero-order chi connectivity index (χ0) is 23.1. The summed E-state index contributed by atoms with van der Waals surface area (Å²) in [5.74, 6) is 0.342. The summed E-state index contributed by atoms with van der Waals surface area (Å²) in [6.45, 7) is 6.23. The first-order chi connectivity index (χ1) is 15.9. The maximum Gasteiger partial charge on any atom is 0.287 e. The largest absolute Gasteiger partial charge is 0.343 e. The van der Waals surface area contributed by atoms with E-state index >= 15 is 0 Å². The number of rotatable bonds is 5. The molecule has 2 aromatic carbocycles. The molecule has 5 aromatic rings. The van der Waals surface area contributed by atoms with Crippen molar-refractivity contribution in [3.05, 3.63) is 76.3 Å². The maximum atomic E-state index is 12.9. The summed E-state index contributed by atoms with van der Waals surface area (Å²) in [6, 6.07) is 13.6. The average molecular weight is 503 g/mol. The van der Waals surface area contributed by atoms with Crippen LogP contribution in [-0.2, 0) is 0 Å². The van der Waals surface area contributed by atoms with E-state index in [-0.39, 0.29) is 17.8 Å². The number of fused-ring (bicyclic) bond motifs is 2. The molecule has 0 spiro atoms. The third-order valence-corrected chi connectivity index (χ3v) is 6.30. The van der Waals surface area contributed by atoms with E-state index < -0.39 is 0 Å². The van der Waals surface area contributed by atoms with Gasteiger partial charge in [0, 0.05) is 27.8 Å². The number of nitrogens with zero attached hydrogens (tertiary/aromatic N) is 3. The van der Waals surface area contributed by atoms with Crippen LogP contribution in [0.15, 0.2) is 59.3 Å². The normalized spacial score (nSPS) is 12.5. The molecular weight excluding hydrogens is 480 g/mol. The summed E-state index contributed by atoms with van der Waals surface area (Å²) in [5.41, 5.74) is 6.41. The molecule has 0 radical (unpaired) electrons. The van der Waals surface area contributed by atoms with Crippen molar-refractivity contribution >= 4 is 43.8 Å². The predicted octanol–water partition coefficient (Wildman–Crippen LogP) is 5.88. The Balaban J connectivity index is 1.49. The average Bonchev–Trinajstić information content (AvgIpc) is 3.40. The van der Waals surface area contributed by atoms with Gasteiger partial charge in [-0.3, -0.25) is 14.9 Å². The number of nitrogens with one attached hydrogen (secondary N) is 3. The highest BCUT2D eigenvalue weighted by atomic mass is 79.9. The fraction of sp³-hybridized carbons (Fsp3) is 0.200. The lowest BCUT2D eigenvalue weighted by atomic mass is 9.96. The van der Waals surface area contributed by atoms with Gasteiger partial charge in [-0.25, -0.2) is 4.98 Å². The number of benzene rings is 2. The van der Waals surface area contributed by atoms with Gasteiger partial charge in [-0.05, 0) is 54.3 Å². The molecule has 0 bridgehead atoms. The lowest BCUT2D eigenvalue weighted by Gasteiger charge is -2.13. The van der Waals surface area contributed by atoms with E-state index in [0.717, 1.165) is 43.3 Å². The molecule has 3 aromatic heterocycles. The van der Waals surface area contributed by atoms with Crippen LogP contribution in [0.2, 0.25) is 0 Å². The number of hydrogen-bond donors (Lipinski definition) is 3. The summed E-state index contributed by atoms with van der Waals surface area (Å²) in [4.78, 5) is 24.9. The van der Waals surface area contributed by atoms with Crippen LogP contribution in [0.1, 0.15) is 54.5 Å². The van der Waals surface area contributed by atoms with Crippen molar-refractivity contribution in [3.63, 3.8) is 0 Å². The monoisotopic (exact) mass is 502 g/mol. The van der Waals surface area contributed by atoms with E-state index in [4.69, 9.17) is 0 Å². The van der Waals surface area contributed by atoms with Crippen LogP contribution >= 0.6 is 15.9 Å². The van der Waals surface area contributed by atoms with E-state index in [1.54, 1.807) is 6.20 Å². The number of carbonyl (C=O) groups is 1. The lowest BCUT2D eigenvalue weighted by molar-refractivity contribution is 0.0930. The summed E-state index contributed by atoms with van der Waals surface area (Å²) in [5, 5.41) is 11.7. The summed E-state index contributed by atoms with van der Waals surface area (Å²) in [6.07, 6.45) is 3.67. The number of H-pyrrole nitrogens is 2. The molecule has 3 heterocycles. The molecule has 8 heteroatoms. The fourth-order valence-electron chi connectivity index (χ4n) is 4.04. The number of hydrogen-bond acceptors (Lipinski definition) is 4. The molecule has 0 aliphatic rings. The van der Waals surface area contributed by atoms with Crippen molar-refractivity contribution in [1.29, 1.82) is 0 Å². The minimum Gasteiger partial charge on any atom is -0.343 e. The molecule has 1 amide bonds. The van der Waals surface area contributed by atoms with Gasteiger partial charge in [0.15, 0.2) is 5.82 Å². The summed E-state index contributed by atoms with van der Waals surface area (Å²) >= 11 is 3.47. The van der Waals surface area contributed by atoms with Crippen molar-refractivity contribution in [1.82, 2.24) is 30.5 Å². The summed E-state index contributed by atoms with van der Waals surface area (Å²) < 4.78 is 0.971. The van der Waals surface area contributed by atoms with Gasteiger partial charge in [0.05, 0.1) is 22.6 Å². The SMILES string of the molecule is CC(C)c1cnccc1-c1n[nH]c2cc3[nH]c(C(=O)N[C@H](C)c4cccc(Br)c4)nc3cc12. The van der Waals surface area contributed by atoms with Crippen molar-refractivity contribution in [2.75, 3.05) is 0 Å². The first-order valence-electron chi connectivity index (χ1n) is 10.8. The Bertz CT molecular complexity index is 1490. The van der Waals surface area contributed by atoms with E-state index in [2.05, 4.69) is 60.2 Å². The molecule has 1 atom stereocenters. The van der Waals surface area contributed by atoms with E-state index in [0.29, 0.717) is 11.4 Å². The second-order valence-corrected chi connectivity index (χ2v) is 9.36. The highest BCUT2D eigenvalue weighted by Crippen LogP contribution is 2.33. The van der Waals surface area contributed by atoms with Crippen molar-refractivity contribution in [2.24, 2.45) is 0 Å². The maximum absolute atomic E-state index is 12.9. The Kier molecular flexibility index (Phi) is 5.46. The molecule has 7 nitrogen and oxygen atoms in total. The second-order valence-electron chi connectivity index (χ2n) is 8.44. The molecule has 0 fully saturated rings. The minimum absolute atomic E-state index is 0.158. The fourth-order valence-corrected chi connectivity index (χ4v) is 4.46. The van der Waals surface area contributed by atoms with Crippen LogP contribution in [-0.4, -0.2) is 31.1 Å². The molecule has 0 aliphatic carbocycles. The molecule has 3 N–H and O–H groups in total. The van der Waals surface area contributed by atoms with Crippen molar-refractivity contribution < 1.29 is 4.79 Å². The second kappa shape index (κ2) is 8.44. The van der Waals surface area contributed by atoms with Gasteiger partial charge >= 0.3 is 0 Å². The van der Waals surface area contributed by atoms with Crippen LogP contribution in [0.5, 0.6) is 0 Å². The molecule has 5 rings (SSSR count). The molecule has 33 heavy (non-hydrogen) atoms. The van der Waals surface area contributed by atoms with Crippen LogP contribution < -0.4 is 5.32 Å². The number of imidazole rings is 1. The third-order valence-electron chi connectivity index (χ3n) is 5.80. The molecule has 166 valence electrons. The summed E-state index contributed by atoms with van der Waals surface area (Å²) in [7, 11) is 0. The topological polar surface area (TPSA) is 99.4 Å². The van der Waals surface area contributed by atoms with Crippen LogP contribution in [0.4, 0.5) is 0 Å². The van der Waals surface area contributed by atoms with Gasteiger partial charge < -0.3 is 10.3 Å². The number of carbonyl (C=O) groups excluding carboxylic acids is 1. The number of amides is 1. The zero-order valence-electron chi connectivity index (χ0n) is 18.5. The number of aromatic amines is 2. The van der Waals surface area contributed by atoms with E-state index in [1.807, 2.05) is 55.6 Å². The Labute approximate surface area is 199 Å². The molecular formula is C25H23BrN6O. The number of halogens is 1. The van der Waals surface area contributed by atoms with Crippen LogP contribution in [0.25, 0.3) is 33.2 Å². The number of aromatic nitrogens is 5.